The van der Waals surface area contributed by atoms with Crippen LogP contribution >= 0.6 is 0 Å². The molecule has 0 aliphatic heterocycles. The molecule has 2 amide bonds. The van der Waals surface area contributed by atoms with Gasteiger partial charge in [-0.2, -0.15) is 18.2 Å². The Morgan fingerprint density at radius 2 is 1.82 bits per heavy atom. The lowest BCUT2D eigenvalue weighted by Crippen LogP contribution is -2.34. The van der Waals surface area contributed by atoms with Gasteiger partial charge < -0.3 is 9.47 Å². The average molecular weight is 479 g/mol. The van der Waals surface area contributed by atoms with Crippen LogP contribution in [0.3, 0.4) is 0 Å². The molecular weight excluding hydrogens is 459 g/mol. The fourth-order valence-corrected chi connectivity index (χ4v) is 3.20. The minimum absolute atomic E-state index is 0.0857. The minimum atomic E-state index is -4.72. The van der Waals surface area contributed by atoms with Gasteiger partial charge in [-0.3, -0.25) is 19.7 Å². The van der Waals surface area contributed by atoms with Gasteiger partial charge in [-0.1, -0.05) is 12.1 Å². The van der Waals surface area contributed by atoms with Crippen molar-refractivity contribution < 1.29 is 37.0 Å². The van der Waals surface area contributed by atoms with Gasteiger partial charge in [0.2, 0.25) is 0 Å². The molecule has 3 rings (SSSR count). The van der Waals surface area contributed by atoms with E-state index >= 15 is 0 Å². The molecule has 0 aliphatic carbocycles. The third-order valence-electron chi connectivity index (χ3n) is 4.85. The summed E-state index contributed by atoms with van der Waals surface area (Å²) in [6.45, 7) is 2.42. The molecule has 180 valence electrons. The van der Waals surface area contributed by atoms with Gasteiger partial charge in [0.15, 0.2) is 6.61 Å². The predicted molar refractivity (Wildman–Crippen MR) is 110 cm³/mol. The highest BCUT2D eigenvalue weighted by Crippen LogP contribution is 2.27. The van der Waals surface area contributed by atoms with E-state index in [1.165, 1.54) is 20.1 Å². The number of carbonyl (C=O) groups excluding carboxylic acids is 3. The first kappa shape index (κ1) is 24.6. The van der Waals surface area contributed by atoms with E-state index in [1.807, 2.05) is 0 Å². The van der Waals surface area contributed by atoms with E-state index in [0.717, 1.165) is 4.52 Å². The molecule has 0 bridgehead atoms. The number of imide groups is 1. The Bertz CT molecular complexity index is 1260. The number of halogens is 3. The molecule has 0 spiro atoms. The van der Waals surface area contributed by atoms with E-state index in [4.69, 9.17) is 9.47 Å². The van der Waals surface area contributed by atoms with Crippen molar-refractivity contribution >= 4 is 23.6 Å². The van der Waals surface area contributed by atoms with Crippen molar-refractivity contribution in [2.75, 3.05) is 13.7 Å². The quantitative estimate of drug-likeness (QED) is 0.512. The van der Waals surface area contributed by atoms with Crippen molar-refractivity contribution in [1.29, 1.82) is 0 Å². The number of nitrogens with zero attached hydrogens (tertiary/aromatic N) is 4. The summed E-state index contributed by atoms with van der Waals surface area (Å²) < 4.78 is 49.6. The number of ether oxygens (including phenoxy) is 2. The number of aryl methyl sites for hydroxylation is 2. The van der Waals surface area contributed by atoms with Crippen molar-refractivity contribution in [2.24, 2.45) is 0 Å². The third kappa shape index (κ3) is 5.47. The van der Waals surface area contributed by atoms with Crippen LogP contribution in [0.4, 0.5) is 13.2 Å². The van der Waals surface area contributed by atoms with Crippen LogP contribution in [0.5, 0.6) is 5.75 Å². The van der Waals surface area contributed by atoms with Crippen molar-refractivity contribution in [3.8, 4) is 5.75 Å². The Hall–Kier alpha value is -4.03. The molecule has 0 saturated heterocycles. The maximum atomic E-state index is 12.9. The number of rotatable bonds is 7. The van der Waals surface area contributed by atoms with Crippen LogP contribution in [0, 0.1) is 13.8 Å². The van der Waals surface area contributed by atoms with Crippen LogP contribution < -0.4 is 10.1 Å². The van der Waals surface area contributed by atoms with Gasteiger partial charge in [0, 0.05) is 17.8 Å². The highest BCUT2D eigenvalue weighted by Gasteiger charge is 2.37. The molecule has 0 fully saturated rings. The minimum Gasteiger partial charge on any atom is -0.496 e. The summed E-state index contributed by atoms with van der Waals surface area (Å²) in [5.41, 5.74) is 1.37. The summed E-state index contributed by atoms with van der Waals surface area (Å²) in [5.74, 6) is -3.53. The second-order valence-electron chi connectivity index (χ2n) is 7.14. The monoisotopic (exact) mass is 479 g/mol. The van der Waals surface area contributed by atoms with E-state index in [-0.39, 0.29) is 29.9 Å². The SMILES string of the molecule is COc1ccccc1C(=O)NC(=O)COC(=O)CCc1c(C)nc2nc(C(F)(F)F)nn2c1C. The lowest BCUT2D eigenvalue weighted by atomic mass is 10.1. The molecule has 2 heterocycles. The molecule has 0 saturated carbocycles. The van der Waals surface area contributed by atoms with E-state index in [0.29, 0.717) is 17.0 Å². The second kappa shape index (κ2) is 9.85. The number of para-hydroxylation sites is 1. The molecule has 0 atom stereocenters. The molecule has 0 aliphatic rings. The highest BCUT2D eigenvalue weighted by atomic mass is 19.4. The lowest BCUT2D eigenvalue weighted by molar-refractivity contribution is -0.148. The van der Waals surface area contributed by atoms with Gasteiger partial charge in [-0.05, 0) is 38.0 Å². The zero-order valence-electron chi connectivity index (χ0n) is 18.4. The van der Waals surface area contributed by atoms with Gasteiger partial charge in [-0.15, -0.1) is 5.10 Å². The molecule has 1 N–H and O–H groups in total. The van der Waals surface area contributed by atoms with Crippen molar-refractivity contribution in [3.05, 3.63) is 52.6 Å². The molecule has 1 aromatic carbocycles. The number of esters is 1. The van der Waals surface area contributed by atoms with Gasteiger partial charge in [0.05, 0.1) is 12.7 Å². The fraction of sp³-hybridized carbons (Fsp3) is 0.333. The zero-order chi connectivity index (χ0) is 25.0. The number of methoxy groups -OCH3 is 1. The van der Waals surface area contributed by atoms with Crippen LogP contribution in [-0.2, 0) is 26.9 Å². The topological polar surface area (TPSA) is 125 Å². The average Bonchev–Trinajstić information content (AvgIpc) is 3.22. The van der Waals surface area contributed by atoms with E-state index in [2.05, 4.69) is 20.4 Å². The number of alkyl halides is 3. The van der Waals surface area contributed by atoms with Gasteiger partial charge >= 0.3 is 12.1 Å². The standard InChI is InChI=1S/C21H20F3N5O5/c1-11-13(12(2)29-20(25-11)27-19(28-29)21(22,23)24)8-9-17(31)34-10-16(30)26-18(32)14-6-4-5-7-15(14)33-3/h4-7H,8-10H2,1-3H3,(H,26,30,32). The first-order chi connectivity index (χ1) is 16.0. The lowest BCUT2D eigenvalue weighted by Gasteiger charge is -2.11. The van der Waals surface area contributed by atoms with Crippen molar-refractivity contribution in [1.82, 2.24) is 24.9 Å². The molecule has 3 aromatic rings. The van der Waals surface area contributed by atoms with Crippen LogP contribution in [0.2, 0.25) is 0 Å². The Balaban J connectivity index is 1.57. The van der Waals surface area contributed by atoms with Crippen LogP contribution in [0.1, 0.15) is 39.6 Å². The van der Waals surface area contributed by atoms with E-state index in [1.54, 1.807) is 25.1 Å². The summed E-state index contributed by atoms with van der Waals surface area (Å²) >= 11 is 0. The van der Waals surface area contributed by atoms with Gasteiger partial charge in [0.1, 0.15) is 5.75 Å². The Kier molecular flexibility index (Phi) is 7.13. The number of benzene rings is 1. The predicted octanol–water partition coefficient (Wildman–Crippen LogP) is 2.20. The number of hydrogen-bond acceptors (Lipinski definition) is 8. The van der Waals surface area contributed by atoms with E-state index in [9.17, 15) is 27.6 Å². The molecule has 0 radical (unpaired) electrons. The van der Waals surface area contributed by atoms with Crippen LogP contribution in [0.25, 0.3) is 5.78 Å². The summed E-state index contributed by atoms with van der Waals surface area (Å²) in [5, 5.41) is 5.54. The molecule has 10 nitrogen and oxygen atoms in total. The smallest absolute Gasteiger partial charge is 0.453 e. The molecule has 2 aromatic heterocycles. The Morgan fingerprint density at radius 3 is 2.50 bits per heavy atom. The number of hydrogen-bond donors (Lipinski definition) is 1. The molecular formula is C21H20F3N5O5. The van der Waals surface area contributed by atoms with Gasteiger partial charge in [-0.25, -0.2) is 9.50 Å². The first-order valence-electron chi connectivity index (χ1n) is 9.94. The number of amides is 2. The number of nitrogens with one attached hydrogen (secondary N) is 1. The Morgan fingerprint density at radius 1 is 1.12 bits per heavy atom. The fourth-order valence-electron chi connectivity index (χ4n) is 3.20. The van der Waals surface area contributed by atoms with Crippen LogP contribution in [-0.4, -0.2) is 51.1 Å². The maximum Gasteiger partial charge on any atom is 0.453 e. The number of carbonyl (C=O) groups is 3. The first-order valence-corrected chi connectivity index (χ1v) is 9.94. The van der Waals surface area contributed by atoms with E-state index < -0.39 is 36.4 Å². The largest absolute Gasteiger partial charge is 0.496 e. The summed E-state index contributed by atoms with van der Waals surface area (Å²) in [7, 11) is 1.38. The second-order valence-corrected chi connectivity index (χ2v) is 7.14. The van der Waals surface area contributed by atoms with Crippen molar-refractivity contribution in [2.45, 2.75) is 32.9 Å². The summed E-state index contributed by atoms with van der Waals surface area (Å²) in [6.07, 6.45) is -4.81. The highest BCUT2D eigenvalue weighted by molar-refractivity contribution is 6.06. The van der Waals surface area contributed by atoms with Gasteiger partial charge in [0.25, 0.3) is 23.4 Å². The zero-order valence-corrected chi connectivity index (χ0v) is 18.4. The molecule has 13 heteroatoms. The molecule has 0 unspecified atom stereocenters. The Labute approximate surface area is 191 Å². The number of fused-ring (bicyclic) bond motifs is 1. The summed E-state index contributed by atoms with van der Waals surface area (Å²) in [6, 6.07) is 6.28. The van der Waals surface area contributed by atoms with Crippen LogP contribution in [0.15, 0.2) is 24.3 Å². The molecule has 34 heavy (non-hydrogen) atoms. The van der Waals surface area contributed by atoms with Crippen molar-refractivity contribution in [3.63, 3.8) is 0 Å². The maximum absolute atomic E-state index is 12.9. The number of aromatic nitrogens is 4. The third-order valence-corrected chi connectivity index (χ3v) is 4.85. The normalized spacial score (nSPS) is 11.4. The summed E-state index contributed by atoms with van der Waals surface area (Å²) in [4.78, 5) is 43.7.